The maximum absolute atomic E-state index is 12.6. The molecule has 8 nitrogen and oxygen atoms in total. The molecule has 136 valence electrons. The van der Waals surface area contributed by atoms with Gasteiger partial charge in [-0.05, 0) is 35.9 Å². The van der Waals surface area contributed by atoms with Gasteiger partial charge in [-0.2, -0.15) is 0 Å². The molecule has 1 aromatic heterocycles. The summed E-state index contributed by atoms with van der Waals surface area (Å²) in [5, 5.41) is 2.68. The lowest BCUT2D eigenvalue weighted by Gasteiger charge is -2.28. The van der Waals surface area contributed by atoms with Gasteiger partial charge in [0.1, 0.15) is 5.82 Å². The number of fused-ring (bicyclic) bond motifs is 1. The summed E-state index contributed by atoms with van der Waals surface area (Å²) in [5.74, 6) is 0.111. The number of amides is 1. The summed E-state index contributed by atoms with van der Waals surface area (Å²) in [5.41, 5.74) is 2.26. The highest BCUT2D eigenvalue weighted by atomic mass is 32.2. The zero-order valence-corrected chi connectivity index (χ0v) is 14.8. The van der Waals surface area contributed by atoms with Crippen molar-refractivity contribution in [1.29, 1.82) is 0 Å². The Morgan fingerprint density at radius 1 is 1.15 bits per heavy atom. The number of carbonyl (C=O) groups is 1. The first-order valence-corrected chi connectivity index (χ1v) is 9.74. The minimum absolute atomic E-state index is 0.104. The first-order valence-electron chi connectivity index (χ1n) is 8.26. The lowest BCUT2D eigenvalue weighted by atomic mass is 10.2. The fraction of sp³-hybridized carbons (Fsp3) is 0.294. The smallest absolute Gasteiger partial charge is 0.263 e. The molecular weight excluding hydrogens is 356 g/mol. The summed E-state index contributed by atoms with van der Waals surface area (Å²) in [7, 11) is -3.78. The van der Waals surface area contributed by atoms with Crippen LogP contribution in [-0.2, 0) is 26.0 Å². The molecule has 0 radical (unpaired) electrons. The van der Waals surface area contributed by atoms with Gasteiger partial charge in [-0.1, -0.05) is 0 Å². The van der Waals surface area contributed by atoms with Gasteiger partial charge in [-0.15, -0.1) is 0 Å². The summed E-state index contributed by atoms with van der Waals surface area (Å²) in [6, 6.07) is 8.05. The fourth-order valence-electron chi connectivity index (χ4n) is 3.02. The highest BCUT2D eigenvalue weighted by Crippen LogP contribution is 2.27. The molecule has 26 heavy (non-hydrogen) atoms. The van der Waals surface area contributed by atoms with E-state index in [2.05, 4.69) is 19.9 Å². The second kappa shape index (κ2) is 6.58. The number of benzene rings is 1. The van der Waals surface area contributed by atoms with Gasteiger partial charge in [0, 0.05) is 18.8 Å². The van der Waals surface area contributed by atoms with Crippen LogP contribution in [-0.4, -0.2) is 45.6 Å². The molecular formula is C17H18N4O4S. The Bertz CT molecular complexity index is 938. The number of pyridine rings is 1. The van der Waals surface area contributed by atoms with Crippen molar-refractivity contribution in [2.24, 2.45) is 0 Å². The van der Waals surface area contributed by atoms with Crippen molar-refractivity contribution >= 4 is 33.1 Å². The standard InChI is InChI=1S/C17H18N4O4S/c22-17-10-12-9-14(2-3-15(12)19-17)26(23,24)20-16-4-1-13(11-18-16)21-5-7-25-8-6-21/h1-4,9,11H,5-8,10H2,(H,18,20)(H,19,22). The number of nitrogens with one attached hydrogen (secondary N) is 2. The van der Waals surface area contributed by atoms with E-state index in [0.717, 1.165) is 18.8 Å². The number of nitrogens with zero attached hydrogens (tertiary/aromatic N) is 2. The predicted octanol–water partition coefficient (Wildman–Crippen LogP) is 1.21. The average molecular weight is 374 g/mol. The number of hydrogen-bond donors (Lipinski definition) is 2. The third-order valence-electron chi connectivity index (χ3n) is 4.38. The molecule has 0 spiro atoms. The summed E-state index contributed by atoms with van der Waals surface area (Å²) in [6.45, 7) is 2.91. The first kappa shape index (κ1) is 16.8. The Balaban J connectivity index is 1.51. The van der Waals surface area contributed by atoms with Crippen LogP contribution in [0.5, 0.6) is 0 Å². The van der Waals surface area contributed by atoms with Crippen molar-refractivity contribution in [3.63, 3.8) is 0 Å². The quantitative estimate of drug-likeness (QED) is 0.834. The van der Waals surface area contributed by atoms with Crippen molar-refractivity contribution in [3.05, 3.63) is 42.1 Å². The molecule has 4 rings (SSSR count). The Morgan fingerprint density at radius 2 is 1.96 bits per heavy atom. The summed E-state index contributed by atoms with van der Waals surface area (Å²) in [4.78, 5) is 17.9. The number of sulfonamides is 1. The number of aromatic nitrogens is 1. The van der Waals surface area contributed by atoms with Crippen LogP contribution in [0.15, 0.2) is 41.4 Å². The molecule has 0 atom stereocenters. The molecule has 1 fully saturated rings. The molecule has 2 aliphatic heterocycles. The Morgan fingerprint density at radius 3 is 2.69 bits per heavy atom. The Hall–Kier alpha value is -2.65. The van der Waals surface area contributed by atoms with Crippen LogP contribution in [0.3, 0.4) is 0 Å². The van der Waals surface area contributed by atoms with Gasteiger partial charge in [-0.3, -0.25) is 9.52 Å². The van der Waals surface area contributed by atoms with E-state index in [-0.39, 0.29) is 23.0 Å². The van der Waals surface area contributed by atoms with Crippen molar-refractivity contribution in [2.75, 3.05) is 41.2 Å². The molecule has 1 aromatic carbocycles. The molecule has 3 heterocycles. The number of rotatable bonds is 4. The Labute approximate surface area is 151 Å². The average Bonchev–Trinajstić information content (AvgIpc) is 3.02. The lowest BCUT2D eigenvalue weighted by molar-refractivity contribution is -0.115. The second-order valence-electron chi connectivity index (χ2n) is 6.15. The van der Waals surface area contributed by atoms with Crippen LogP contribution in [0.1, 0.15) is 5.56 Å². The van der Waals surface area contributed by atoms with E-state index in [1.807, 2.05) is 6.07 Å². The minimum atomic E-state index is -3.78. The van der Waals surface area contributed by atoms with Crippen LogP contribution in [0.2, 0.25) is 0 Å². The topological polar surface area (TPSA) is 101 Å². The van der Waals surface area contributed by atoms with Crippen molar-refractivity contribution in [3.8, 4) is 0 Å². The summed E-state index contributed by atoms with van der Waals surface area (Å²) < 4.78 is 33.0. The van der Waals surface area contributed by atoms with Crippen LogP contribution < -0.4 is 14.9 Å². The third kappa shape index (κ3) is 3.35. The van der Waals surface area contributed by atoms with Gasteiger partial charge in [-0.25, -0.2) is 13.4 Å². The van der Waals surface area contributed by atoms with Crippen LogP contribution in [0.4, 0.5) is 17.2 Å². The van der Waals surface area contributed by atoms with Crippen LogP contribution >= 0.6 is 0 Å². The highest BCUT2D eigenvalue weighted by molar-refractivity contribution is 7.92. The van der Waals surface area contributed by atoms with E-state index < -0.39 is 10.0 Å². The molecule has 0 bridgehead atoms. The summed E-state index contributed by atoms with van der Waals surface area (Å²) in [6.07, 6.45) is 1.83. The molecule has 0 aliphatic carbocycles. The number of anilines is 3. The molecule has 2 aromatic rings. The molecule has 9 heteroatoms. The predicted molar refractivity (Wildman–Crippen MR) is 96.9 cm³/mol. The molecule has 1 amide bonds. The summed E-state index contributed by atoms with van der Waals surface area (Å²) >= 11 is 0. The van der Waals surface area contributed by atoms with Crippen LogP contribution in [0, 0.1) is 0 Å². The van der Waals surface area contributed by atoms with E-state index in [1.54, 1.807) is 18.3 Å². The van der Waals surface area contributed by atoms with Crippen molar-refractivity contribution < 1.29 is 17.9 Å². The maximum Gasteiger partial charge on any atom is 0.263 e. The van der Waals surface area contributed by atoms with Gasteiger partial charge >= 0.3 is 0 Å². The van der Waals surface area contributed by atoms with Gasteiger partial charge < -0.3 is 15.0 Å². The lowest BCUT2D eigenvalue weighted by Crippen LogP contribution is -2.36. The second-order valence-corrected chi connectivity index (χ2v) is 7.83. The maximum atomic E-state index is 12.6. The van der Waals surface area contributed by atoms with Gasteiger partial charge in [0.2, 0.25) is 5.91 Å². The van der Waals surface area contributed by atoms with E-state index in [1.165, 1.54) is 12.1 Å². The molecule has 0 saturated carbocycles. The van der Waals surface area contributed by atoms with E-state index in [4.69, 9.17) is 4.74 Å². The zero-order chi connectivity index (χ0) is 18.1. The zero-order valence-electron chi connectivity index (χ0n) is 13.9. The molecule has 1 saturated heterocycles. The normalized spacial score (nSPS) is 16.9. The van der Waals surface area contributed by atoms with E-state index in [0.29, 0.717) is 24.5 Å². The minimum Gasteiger partial charge on any atom is -0.378 e. The van der Waals surface area contributed by atoms with Crippen LogP contribution in [0.25, 0.3) is 0 Å². The van der Waals surface area contributed by atoms with Crippen molar-refractivity contribution in [2.45, 2.75) is 11.3 Å². The highest BCUT2D eigenvalue weighted by Gasteiger charge is 2.22. The number of carbonyl (C=O) groups excluding carboxylic acids is 1. The fourth-order valence-corrected chi connectivity index (χ4v) is 4.08. The van der Waals surface area contributed by atoms with Crippen molar-refractivity contribution in [1.82, 2.24) is 4.98 Å². The third-order valence-corrected chi connectivity index (χ3v) is 5.73. The molecule has 0 unspecified atom stereocenters. The largest absolute Gasteiger partial charge is 0.378 e. The first-order chi connectivity index (χ1) is 12.5. The molecule has 2 N–H and O–H groups in total. The number of ether oxygens (including phenoxy) is 1. The van der Waals surface area contributed by atoms with Gasteiger partial charge in [0.15, 0.2) is 0 Å². The SMILES string of the molecule is O=C1Cc2cc(S(=O)(=O)Nc3ccc(N4CCOCC4)cn3)ccc2N1. The van der Waals surface area contributed by atoms with Gasteiger partial charge in [0.05, 0.1) is 36.4 Å². The number of hydrogen-bond acceptors (Lipinski definition) is 6. The number of morpholine rings is 1. The van der Waals surface area contributed by atoms with E-state index >= 15 is 0 Å². The van der Waals surface area contributed by atoms with Gasteiger partial charge in [0.25, 0.3) is 10.0 Å². The molecule has 2 aliphatic rings. The monoisotopic (exact) mass is 374 g/mol. The Kier molecular flexibility index (Phi) is 4.25. The van der Waals surface area contributed by atoms with E-state index in [9.17, 15) is 13.2 Å².